The molecule has 86 valence electrons. The number of benzene rings is 1. The molecule has 0 radical (unpaired) electrons. The molecule has 2 aromatic rings. The Morgan fingerprint density at radius 3 is 2.53 bits per heavy atom. The molecule has 1 aromatic heterocycles. The maximum Gasteiger partial charge on any atom is 0.194 e. The Morgan fingerprint density at radius 1 is 1.29 bits per heavy atom. The Labute approximate surface area is 104 Å². The van der Waals surface area contributed by atoms with E-state index in [2.05, 4.69) is 4.98 Å². The zero-order valence-corrected chi connectivity index (χ0v) is 10.5. The second-order valence-electron chi connectivity index (χ2n) is 3.84. The van der Waals surface area contributed by atoms with Crippen LogP contribution in [0, 0.1) is 11.3 Å². The first kappa shape index (κ1) is 11.6. The van der Waals surface area contributed by atoms with Gasteiger partial charge >= 0.3 is 0 Å². The lowest BCUT2D eigenvalue weighted by Gasteiger charge is -2.09. The molecule has 0 aliphatic heterocycles. The Kier molecular flexibility index (Phi) is 3.40. The van der Waals surface area contributed by atoms with Crippen LogP contribution in [0.3, 0.4) is 0 Å². The lowest BCUT2D eigenvalue weighted by molar-refractivity contribution is 0.242. The maximum atomic E-state index is 8.72. The molecule has 0 fully saturated rings. The van der Waals surface area contributed by atoms with E-state index in [-0.39, 0.29) is 6.10 Å². The molecule has 0 saturated carbocycles. The molecular formula is C13H12N2OS. The Hall–Kier alpha value is -1.86. The molecule has 2 rings (SSSR count). The molecule has 1 heterocycles. The summed E-state index contributed by atoms with van der Waals surface area (Å²) < 4.78 is 5.56. The van der Waals surface area contributed by atoms with Gasteiger partial charge in [0, 0.05) is 10.9 Å². The largest absolute Gasteiger partial charge is 0.491 e. The van der Waals surface area contributed by atoms with E-state index in [1.807, 2.05) is 49.6 Å². The van der Waals surface area contributed by atoms with E-state index in [1.54, 1.807) is 0 Å². The van der Waals surface area contributed by atoms with E-state index in [4.69, 9.17) is 10.00 Å². The number of hydrogen-bond acceptors (Lipinski definition) is 4. The van der Waals surface area contributed by atoms with Crippen molar-refractivity contribution in [1.82, 2.24) is 4.98 Å². The smallest absolute Gasteiger partial charge is 0.194 e. The van der Waals surface area contributed by atoms with Gasteiger partial charge in [-0.1, -0.05) is 0 Å². The van der Waals surface area contributed by atoms with Gasteiger partial charge in [0.05, 0.1) is 11.8 Å². The van der Waals surface area contributed by atoms with Crippen LogP contribution in [0.15, 0.2) is 29.6 Å². The highest BCUT2D eigenvalue weighted by atomic mass is 32.1. The molecule has 0 aliphatic rings. The van der Waals surface area contributed by atoms with E-state index in [0.717, 1.165) is 17.0 Å². The van der Waals surface area contributed by atoms with Gasteiger partial charge in [-0.05, 0) is 38.1 Å². The summed E-state index contributed by atoms with van der Waals surface area (Å²) in [5.41, 5.74) is 1.83. The van der Waals surface area contributed by atoms with Crippen molar-refractivity contribution in [3.8, 4) is 23.1 Å². The number of ether oxygens (including phenoxy) is 1. The average molecular weight is 244 g/mol. The third-order valence-corrected chi connectivity index (χ3v) is 2.87. The highest BCUT2D eigenvalue weighted by Gasteiger charge is 2.04. The molecule has 0 saturated heterocycles. The summed E-state index contributed by atoms with van der Waals surface area (Å²) in [7, 11) is 0. The van der Waals surface area contributed by atoms with Gasteiger partial charge in [-0.2, -0.15) is 5.26 Å². The van der Waals surface area contributed by atoms with Crippen molar-refractivity contribution in [2.24, 2.45) is 0 Å². The van der Waals surface area contributed by atoms with Crippen molar-refractivity contribution in [3.05, 3.63) is 34.7 Å². The number of thiazole rings is 1. The van der Waals surface area contributed by atoms with Crippen molar-refractivity contribution >= 4 is 11.3 Å². The molecule has 0 N–H and O–H groups in total. The molecule has 1 aromatic carbocycles. The van der Waals surface area contributed by atoms with Gasteiger partial charge in [-0.25, -0.2) is 4.98 Å². The summed E-state index contributed by atoms with van der Waals surface area (Å²) in [5, 5.41) is 11.1. The molecule has 0 bridgehead atoms. The van der Waals surface area contributed by atoms with Crippen LogP contribution in [0.2, 0.25) is 0 Å². The minimum absolute atomic E-state index is 0.172. The number of nitriles is 1. The van der Waals surface area contributed by atoms with Gasteiger partial charge in [0.1, 0.15) is 11.8 Å². The number of hydrogen-bond donors (Lipinski definition) is 0. The molecule has 0 spiro atoms. The average Bonchev–Trinajstić information content (AvgIpc) is 2.78. The van der Waals surface area contributed by atoms with Crippen molar-refractivity contribution < 1.29 is 4.74 Å². The topological polar surface area (TPSA) is 45.9 Å². The first-order valence-electron chi connectivity index (χ1n) is 5.32. The fraction of sp³-hybridized carbons (Fsp3) is 0.231. The second kappa shape index (κ2) is 4.98. The van der Waals surface area contributed by atoms with Gasteiger partial charge in [-0.15, -0.1) is 11.3 Å². The molecule has 0 atom stereocenters. The van der Waals surface area contributed by atoms with Crippen molar-refractivity contribution in [2.45, 2.75) is 20.0 Å². The lowest BCUT2D eigenvalue weighted by Crippen LogP contribution is -2.05. The quantitative estimate of drug-likeness (QED) is 0.830. The van der Waals surface area contributed by atoms with Crippen LogP contribution >= 0.6 is 11.3 Å². The molecule has 0 amide bonds. The van der Waals surface area contributed by atoms with Gasteiger partial charge in [0.25, 0.3) is 0 Å². The van der Waals surface area contributed by atoms with Crippen LogP contribution < -0.4 is 4.74 Å². The molecule has 0 unspecified atom stereocenters. The van der Waals surface area contributed by atoms with Crippen molar-refractivity contribution in [3.63, 3.8) is 0 Å². The van der Waals surface area contributed by atoms with Crippen LogP contribution in [-0.4, -0.2) is 11.1 Å². The maximum absolute atomic E-state index is 8.72. The SMILES string of the molecule is CC(C)Oc1ccc(-c2csc(C#N)n2)cc1. The Balaban J connectivity index is 2.20. The molecule has 3 nitrogen and oxygen atoms in total. The minimum Gasteiger partial charge on any atom is -0.491 e. The third-order valence-electron chi connectivity index (χ3n) is 2.12. The summed E-state index contributed by atoms with van der Waals surface area (Å²) in [6, 6.07) is 9.78. The number of aromatic nitrogens is 1. The summed E-state index contributed by atoms with van der Waals surface area (Å²) >= 11 is 1.36. The van der Waals surface area contributed by atoms with Crippen LogP contribution in [0.25, 0.3) is 11.3 Å². The summed E-state index contributed by atoms with van der Waals surface area (Å²) in [6.07, 6.45) is 0.172. The van der Waals surface area contributed by atoms with Crippen LogP contribution in [-0.2, 0) is 0 Å². The molecule has 17 heavy (non-hydrogen) atoms. The highest BCUT2D eigenvalue weighted by Crippen LogP contribution is 2.24. The summed E-state index contributed by atoms with van der Waals surface area (Å²) in [6.45, 7) is 3.99. The highest BCUT2D eigenvalue weighted by molar-refractivity contribution is 7.10. The monoisotopic (exact) mass is 244 g/mol. The third kappa shape index (κ3) is 2.83. The first-order chi connectivity index (χ1) is 8.19. The lowest BCUT2D eigenvalue weighted by atomic mass is 10.2. The first-order valence-corrected chi connectivity index (χ1v) is 6.19. The van der Waals surface area contributed by atoms with Gasteiger partial charge in [0.15, 0.2) is 5.01 Å². The molecular weight excluding hydrogens is 232 g/mol. The van der Waals surface area contributed by atoms with Gasteiger partial charge in [-0.3, -0.25) is 0 Å². The minimum atomic E-state index is 0.172. The van der Waals surface area contributed by atoms with Crippen molar-refractivity contribution in [2.75, 3.05) is 0 Å². The predicted molar refractivity (Wildman–Crippen MR) is 68.0 cm³/mol. The fourth-order valence-corrected chi connectivity index (χ4v) is 2.05. The van der Waals surface area contributed by atoms with E-state index < -0.39 is 0 Å². The van der Waals surface area contributed by atoms with E-state index in [1.165, 1.54) is 11.3 Å². The second-order valence-corrected chi connectivity index (χ2v) is 4.70. The normalized spacial score (nSPS) is 10.2. The zero-order valence-electron chi connectivity index (χ0n) is 9.68. The van der Waals surface area contributed by atoms with Crippen LogP contribution in [0.1, 0.15) is 18.9 Å². The summed E-state index contributed by atoms with van der Waals surface area (Å²) in [5.74, 6) is 0.847. The van der Waals surface area contributed by atoms with Gasteiger partial charge < -0.3 is 4.74 Å². The van der Waals surface area contributed by atoms with Gasteiger partial charge in [0.2, 0.25) is 0 Å². The molecule has 0 aliphatic carbocycles. The van der Waals surface area contributed by atoms with Crippen LogP contribution in [0.5, 0.6) is 5.75 Å². The number of nitrogens with zero attached hydrogens (tertiary/aromatic N) is 2. The number of rotatable bonds is 3. The van der Waals surface area contributed by atoms with E-state index in [0.29, 0.717) is 5.01 Å². The Bertz CT molecular complexity index is 537. The summed E-state index contributed by atoms with van der Waals surface area (Å²) in [4.78, 5) is 4.21. The molecule has 4 heteroatoms. The van der Waals surface area contributed by atoms with E-state index >= 15 is 0 Å². The fourth-order valence-electron chi connectivity index (χ4n) is 1.43. The van der Waals surface area contributed by atoms with E-state index in [9.17, 15) is 0 Å². The Morgan fingerprint density at radius 2 is 2.00 bits per heavy atom. The van der Waals surface area contributed by atoms with Crippen LogP contribution in [0.4, 0.5) is 0 Å². The predicted octanol–water partition coefficient (Wildman–Crippen LogP) is 3.47. The van der Waals surface area contributed by atoms with Crippen molar-refractivity contribution in [1.29, 1.82) is 5.26 Å². The zero-order chi connectivity index (χ0) is 12.3. The standard InChI is InChI=1S/C13H12N2OS/c1-9(2)16-11-5-3-10(4-6-11)12-8-17-13(7-14)15-12/h3-6,8-9H,1-2H3.